The highest BCUT2D eigenvalue weighted by atomic mass is 16.3. The first-order chi connectivity index (χ1) is 28.2. The van der Waals surface area contributed by atoms with Crippen molar-refractivity contribution in [2.45, 2.75) is 0 Å². The minimum atomic E-state index is 0.563. The van der Waals surface area contributed by atoms with Gasteiger partial charge in [0.2, 0.25) is 0 Å². The molecule has 0 radical (unpaired) electrons. The number of aromatic nitrogens is 4. The zero-order valence-corrected chi connectivity index (χ0v) is 30.4. The summed E-state index contributed by atoms with van der Waals surface area (Å²) in [6, 6.07) is 62.8. The summed E-state index contributed by atoms with van der Waals surface area (Å²) in [7, 11) is 0. The van der Waals surface area contributed by atoms with Crippen LogP contribution in [0.25, 0.3) is 117 Å². The smallest absolute Gasteiger partial charge is 0.164 e. The zero-order valence-electron chi connectivity index (χ0n) is 30.4. The van der Waals surface area contributed by atoms with E-state index in [9.17, 15) is 0 Å². The van der Waals surface area contributed by atoms with E-state index in [1.165, 1.54) is 10.8 Å². The molecule has 0 aliphatic carbocycles. The Morgan fingerprint density at radius 2 is 0.825 bits per heavy atom. The van der Waals surface area contributed by atoms with Crippen LogP contribution in [0.4, 0.5) is 0 Å². The predicted molar refractivity (Wildman–Crippen MR) is 230 cm³/mol. The second-order valence-corrected chi connectivity index (χ2v) is 14.4. The molecule has 57 heavy (non-hydrogen) atoms. The molecule has 0 saturated carbocycles. The maximum absolute atomic E-state index is 6.68. The van der Waals surface area contributed by atoms with E-state index in [4.69, 9.17) is 23.8 Å². The topological polar surface area (TPSA) is 69.9 Å². The van der Waals surface area contributed by atoms with E-state index in [0.717, 1.165) is 88.4 Å². The van der Waals surface area contributed by atoms with Gasteiger partial charge in [-0.15, -0.1) is 0 Å². The van der Waals surface area contributed by atoms with Gasteiger partial charge in [-0.2, -0.15) is 0 Å². The molecule has 4 aromatic heterocycles. The summed E-state index contributed by atoms with van der Waals surface area (Å²) in [6.45, 7) is 0. The summed E-state index contributed by atoms with van der Waals surface area (Å²) in [5.74, 6) is 1.73. The lowest BCUT2D eigenvalue weighted by molar-refractivity contribution is 0.668. The zero-order chi connectivity index (χ0) is 37.5. The molecule has 4 heterocycles. The fourth-order valence-corrected chi connectivity index (χ4v) is 8.30. The highest BCUT2D eigenvalue weighted by Crippen LogP contribution is 2.40. The van der Waals surface area contributed by atoms with E-state index in [0.29, 0.717) is 17.5 Å². The van der Waals surface area contributed by atoms with Crippen molar-refractivity contribution in [3.05, 3.63) is 182 Å². The molecule has 6 nitrogen and oxygen atoms in total. The van der Waals surface area contributed by atoms with Gasteiger partial charge in [-0.3, -0.25) is 0 Å². The molecule has 0 atom stereocenters. The van der Waals surface area contributed by atoms with Crippen LogP contribution in [-0.2, 0) is 0 Å². The summed E-state index contributed by atoms with van der Waals surface area (Å²) in [5, 5.41) is 6.56. The van der Waals surface area contributed by atoms with Crippen molar-refractivity contribution in [1.29, 1.82) is 0 Å². The third-order valence-electron chi connectivity index (χ3n) is 11.1. The summed E-state index contributed by atoms with van der Waals surface area (Å²) in [5.41, 5.74) is 11.5. The van der Waals surface area contributed by atoms with E-state index in [1.807, 2.05) is 42.5 Å². The van der Waals surface area contributed by atoms with Crippen molar-refractivity contribution < 1.29 is 8.83 Å². The molecule has 0 aliphatic rings. The molecule has 12 aromatic rings. The van der Waals surface area contributed by atoms with Crippen LogP contribution in [0.2, 0.25) is 0 Å². The maximum atomic E-state index is 6.68. The van der Waals surface area contributed by atoms with Crippen LogP contribution < -0.4 is 0 Å². The minimum absolute atomic E-state index is 0.563. The normalized spacial score (nSPS) is 11.9. The number of para-hydroxylation sites is 3. The van der Waals surface area contributed by atoms with Gasteiger partial charge in [0.15, 0.2) is 17.5 Å². The lowest BCUT2D eigenvalue weighted by Gasteiger charge is -2.09. The summed E-state index contributed by atoms with van der Waals surface area (Å²) in [6.07, 6.45) is 0. The monoisotopic (exact) mass is 730 g/mol. The van der Waals surface area contributed by atoms with Crippen LogP contribution in [-0.4, -0.2) is 19.5 Å². The van der Waals surface area contributed by atoms with Gasteiger partial charge >= 0.3 is 0 Å². The molecule has 6 heteroatoms. The van der Waals surface area contributed by atoms with E-state index >= 15 is 0 Å². The Balaban J connectivity index is 1.02. The molecule has 0 bridgehead atoms. The van der Waals surface area contributed by atoms with Gasteiger partial charge in [0.25, 0.3) is 0 Å². The summed E-state index contributed by atoms with van der Waals surface area (Å²) >= 11 is 0. The minimum Gasteiger partial charge on any atom is -0.456 e. The molecule has 0 fully saturated rings. The second kappa shape index (κ2) is 12.3. The van der Waals surface area contributed by atoms with Gasteiger partial charge < -0.3 is 13.4 Å². The molecular weight excluding hydrogens is 701 g/mol. The molecular formula is C51H30N4O2. The average Bonchev–Trinajstić information content (AvgIpc) is 3.94. The Bertz CT molecular complexity index is 3510. The van der Waals surface area contributed by atoms with Gasteiger partial charge in [-0.1, -0.05) is 115 Å². The number of benzene rings is 8. The van der Waals surface area contributed by atoms with E-state index < -0.39 is 0 Å². The Hall–Kier alpha value is -7.83. The van der Waals surface area contributed by atoms with Crippen molar-refractivity contribution in [1.82, 2.24) is 19.5 Å². The molecule has 0 N–H and O–H groups in total. The second-order valence-electron chi connectivity index (χ2n) is 14.4. The number of nitrogens with zero attached hydrogens (tertiary/aromatic N) is 4. The summed E-state index contributed by atoms with van der Waals surface area (Å²) < 4.78 is 15.1. The Morgan fingerprint density at radius 1 is 0.298 bits per heavy atom. The molecule has 12 rings (SSSR count). The first kappa shape index (κ1) is 31.5. The van der Waals surface area contributed by atoms with Gasteiger partial charge in [0.05, 0.1) is 11.0 Å². The Morgan fingerprint density at radius 3 is 1.63 bits per heavy atom. The highest BCUT2D eigenvalue weighted by molar-refractivity contribution is 6.17. The lowest BCUT2D eigenvalue weighted by Crippen LogP contribution is -2.00. The molecule has 266 valence electrons. The Kier molecular flexibility index (Phi) is 6.83. The van der Waals surface area contributed by atoms with Gasteiger partial charge in [-0.05, 0) is 71.8 Å². The number of rotatable bonds is 5. The third kappa shape index (κ3) is 5.08. The van der Waals surface area contributed by atoms with E-state index in [2.05, 4.69) is 144 Å². The largest absolute Gasteiger partial charge is 0.456 e. The van der Waals surface area contributed by atoms with Gasteiger partial charge in [0.1, 0.15) is 22.3 Å². The van der Waals surface area contributed by atoms with Crippen molar-refractivity contribution in [2.75, 3.05) is 0 Å². The number of hydrogen-bond donors (Lipinski definition) is 0. The highest BCUT2D eigenvalue weighted by Gasteiger charge is 2.19. The van der Waals surface area contributed by atoms with Crippen LogP contribution in [0.15, 0.2) is 191 Å². The molecule has 0 saturated heterocycles. The standard InChI is InChI=1S/C51H30N4O2/c1-3-11-31(12-4-1)32-19-21-33(22-20-32)49-52-50(34-24-26-46-41(27-34)38-16-8-10-18-45(38)56-46)54-51(53-49)35-23-25-39-42-29-40-37-15-7-9-17-43(37)55(36-13-5-2-6-14-36)44(40)30-48(42)57-47(39)28-35/h1-30H. The van der Waals surface area contributed by atoms with Gasteiger partial charge in [0, 0.05) is 60.8 Å². The maximum Gasteiger partial charge on any atom is 0.164 e. The van der Waals surface area contributed by atoms with Crippen LogP contribution in [0.3, 0.4) is 0 Å². The lowest BCUT2D eigenvalue weighted by atomic mass is 10.0. The molecule has 0 amide bonds. The molecule has 0 aliphatic heterocycles. The number of fused-ring (bicyclic) bond motifs is 9. The number of hydrogen-bond acceptors (Lipinski definition) is 5. The van der Waals surface area contributed by atoms with Crippen LogP contribution in [0.5, 0.6) is 0 Å². The first-order valence-electron chi connectivity index (χ1n) is 19.0. The van der Waals surface area contributed by atoms with Crippen LogP contribution >= 0.6 is 0 Å². The Labute approximate surface area is 325 Å². The van der Waals surface area contributed by atoms with E-state index in [-0.39, 0.29) is 0 Å². The van der Waals surface area contributed by atoms with E-state index in [1.54, 1.807) is 0 Å². The number of furan rings is 2. The third-order valence-corrected chi connectivity index (χ3v) is 11.1. The van der Waals surface area contributed by atoms with Crippen LogP contribution in [0, 0.1) is 0 Å². The predicted octanol–water partition coefficient (Wildman–Crippen LogP) is 13.4. The average molecular weight is 731 g/mol. The summed E-state index contributed by atoms with van der Waals surface area (Å²) in [4.78, 5) is 15.3. The molecule has 0 spiro atoms. The van der Waals surface area contributed by atoms with Crippen LogP contribution in [0.1, 0.15) is 0 Å². The van der Waals surface area contributed by atoms with Crippen molar-refractivity contribution in [3.63, 3.8) is 0 Å². The first-order valence-corrected chi connectivity index (χ1v) is 19.0. The molecule has 0 unspecified atom stereocenters. The van der Waals surface area contributed by atoms with Gasteiger partial charge in [-0.25, -0.2) is 15.0 Å². The van der Waals surface area contributed by atoms with Crippen molar-refractivity contribution >= 4 is 65.7 Å². The molecule has 8 aromatic carbocycles. The van der Waals surface area contributed by atoms with Crippen molar-refractivity contribution in [2.24, 2.45) is 0 Å². The van der Waals surface area contributed by atoms with Crippen molar-refractivity contribution in [3.8, 4) is 51.0 Å². The fourth-order valence-electron chi connectivity index (χ4n) is 8.30. The quantitative estimate of drug-likeness (QED) is 0.176. The SMILES string of the molecule is c1ccc(-c2ccc(-c3nc(-c4ccc5c(c4)oc4cc6c(cc45)c4ccccc4n6-c4ccccc4)nc(-c4ccc5oc6ccccc6c5c4)n3)cc2)cc1. The fraction of sp³-hybridized carbons (Fsp3) is 0.